The molecule has 5 rings (SSSR count). The van der Waals surface area contributed by atoms with Gasteiger partial charge >= 0.3 is 0 Å². The van der Waals surface area contributed by atoms with Crippen molar-refractivity contribution >= 4 is 11.7 Å². The normalized spacial score (nSPS) is 18.4. The maximum absolute atomic E-state index is 15.3. The number of nitrogens with zero attached hydrogens (tertiary/aromatic N) is 4. The van der Waals surface area contributed by atoms with Gasteiger partial charge in [-0.15, -0.1) is 0 Å². The van der Waals surface area contributed by atoms with Gasteiger partial charge in [0.1, 0.15) is 11.6 Å². The predicted octanol–water partition coefficient (Wildman–Crippen LogP) is 4.01. The lowest BCUT2D eigenvalue weighted by Crippen LogP contribution is -2.52. The SMILES string of the molecule is CCc1nccc(-c2ccc(C(=O)N3CCN4CCCC4C3)c(F)c2)c1-c1ccc(N)nc1. The van der Waals surface area contributed by atoms with Crippen LogP contribution in [0.5, 0.6) is 0 Å². The van der Waals surface area contributed by atoms with Crippen molar-refractivity contribution in [2.24, 2.45) is 0 Å². The van der Waals surface area contributed by atoms with E-state index in [9.17, 15) is 4.79 Å². The van der Waals surface area contributed by atoms with Crippen molar-refractivity contribution < 1.29 is 9.18 Å². The standard InChI is InChI=1S/C26H28FN5O/c1-2-23-25(18-6-8-24(28)30-15-18)20(9-10-29-23)17-5-7-21(22(27)14-17)26(33)32-13-12-31-11-3-4-19(31)16-32/h5-10,14-15,19H,2-4,11-13,16H2,1H3,(H2,28,30). The number of aromatic nitrogens is 2. The first-order valence-electron chi connectivity index (χ1n) is 11.6. The van der Waals surface area contributed by atoms with Crippen molar-refractivity contribution in [1.29, 1.82) is 0 Å². The highest BCUT2D eigenvalue weighted by molar-refractivity contribution is 5.95. The topological polar surface area (TPSA) is 75.4 Å². The number of nitrogens with two attached hydrogens (primary N) is 1. The highest BCUT2D eigenvalue weighted by Crippen LogP contribution is 2.35. The molecule has 7 heteroatoms. The van der Waals surface area contributed by atoms with Crippen LogP contribution in [0, 0.1) is 5.82 Å². The predicted molar refractivity (Wildman–Crippen MR) is 127 cm³/mol. The molecule has 0 aliphatic carbocycles. The van der Waals surface area contributed by atoms with Crippen LogP contribution in [-0.2, 0) is 6.42 Å². The molecule has 1 unspecified atom stereocenters. The van der Waals surface area contributed by atoms with E-state index in [-0.39, 0.29) is 11.5 Å². The number of fused-ring (bicyclic) bond motifs is 1. The minimum absolute atomic E-state index is 0.130. The molecule has 2 N–H and O–H groups in total. The van der Waals surface area contributed by atoms with Gasteiger partial charge in [-0.2, -0.15) is 0 Å². The summed E-state index contributed by atoms with van der Waals surface area (Å²) in [6.07, 6.45) is 6.45. The lowest BCUT2D eigenvalue weighted by molar-refractivity contribution is 0.0567. The largest absolute Gasteiger partial charge is 0.384 e. The molecule has 0 saturated carbocycles. The number of nitrogen functional groups attached to an aromatic ring is 1. The van der Waals surface area contributed by atoms with Crippen LogP contribution in [-0.4, -0.2) is 57.9 Å². The number of carbonyl (C=O) groups is 1. The molecule has 1 amide bonds. The number of amides is 1. The summed E-state index contributed by atoms with van der Waals surface area (Å²) in [7, 11) is 0. The third-order valence-corrected chi connectivity index (χ3v) is 6.82. The Hall–Kier alpha value is -3.32. The fourth-order valence-electron chi connectivity index (χ4n) is 5.09. The van der Waals surface area contributed by atoms with Gasteiger partial charge in [0.15, 0.2) is 0 Å². The Balaban J connectivity index is 1.47. The Labute approximate surface area is 193 Å². The van der Waals surface area contributed by atoms with E-state index in [2.05, 4.69) is 14.9 Å². The van der Waals surface area contributed by atoms with Crippen molar-refractivity contribution in [3.63, 3.8) is 0 Å². The molecule has 4 heterocycles. The number of hydrogen-bond donors (Lipinski definition) is 1. The van der Waals surface area contributed by atoms with Gasteiger partial charge in [0.2, 0.25) is 0 Å². The molecule has 3 aromatic rings. The quantitative estimate of drug-likeness (QED) is 0.657. The molecule has 6 nitrogen and oxygen atoms in total. The summed E-state index contributed by atoms with van der Waals surface area (Å²) in [5, 5.41) is 0. The zero-order valence-electron chi connectivity index (χ0n) is 18.8. The fourth-order valence-corrected chi connectivity index (χ4v) is 5.09. The molecule has 170 valence electrons. The van der Waals surface area contributed by atoms with Gasteiger partial charge in [0, 0.05) is 54.9 Å². The second-order valence-electron chi connectivity index (χ2n) is 8.78. The van der Waals surface area contributed by atoms with Crippen molar-refractivity contribution in [2.45, 2.75) is 32.2 Å². The molecule has 2 saturated heterocycles. The lowest BCUT2D eigenvalue weighted by Gasteiger charge is -2.37. The summed E-state index contributed by atoms with van der Waals surface area (Å²) in [4.78, 5) is 26.1. The van der Waals surface area contributed by atoms with Gasteiger partial charge in [0.25, 0.3) is 5.91 Å². The van der Waals surface area contributed by atoms with Gasteiger partial charge in [-0.1, -0.05) is 13.0 Å². The smallest absolute Gasteiger partial charge is 0.256 e. The first kappa shape index (κ1) is 21.5. The zero-order valence-corrected chi connectivity index (χ0v) is 18.8. The van der Waals surface area contributed by atoms with Crippen LogP contribution in [0.1, 0.15) is 35.8 Å². The van der Waals surface area contributed by atoms with Crippen molar-refractivity contribution in [3.05, 3.63) is 65.9 Å². The molecule has 2 aromatic heterocycles. The minimum atomic E-state index is -0.498. The highest BCUT2D eigenvalue weighted by atomic mass is 19.1. The number of hydrogen-bond acceptors (Lipinski definition) is 5. The summed E-state index contributed by atoms with van der Waals surface area (Å²) < 4.78 is 15.3. The van der Waals surface area contributed by atoms with E-state index in [1.54, 1.807) is 29.4 Å². The Morgan fingerprint density at radius 3 is 2.73 bits per heavy atom. The number of benzene rings is 1. The fraction of sp³-hybridized carbons (Fsp3) is 0.346. The van der Waals surface area contributed by atoms with E-state index in [4.69, 9.17) is 5.73 Å². The van der Waals surface area contributed by atoms with E-state index >= 15 is 4.39 Å². The molecular weight excluding hydrogens is 417 g/mol. The summed E-state index contributed by atoms with van der Waals surface area (Å²) >= 11 is 0. The number of pyridine rings is 2. The maximum Gasteiger partial charge on any atom is 0.256 e. The number of piperazine rings is 1. The van der Waals surface area contributed by atoms with Crippen LogP contribution >= 0.6 is 0 Å². The van der Waals surface area contributed by atoms with Crippen molar-refractivity contribution in [1.82, 2.24) is 19.8 Å². The first-order chi connectivity index (χ1) is 16.0. The number of anilines is 1. The number of halogens is 1. The Morgan fingerprint density at radius 1 is 1.12 bits per heavy atom. The Kier molecular flexibility index (Phi) is 5.81. The second kappa shape index (κ2) is 8.90. The zero-order chi connectivity index (χ0) is 22.9. The van der Waals surface area contributed by atoms with Gasteiger partial charge < -0.3 is 10.6 Å². The third-order valence-electron chi connectivity index (χ3n) is 6.82. The minimum Gasteiger partial charge on any atom is -0.384 e. The van der Waals surface area contributed by atoms with E-state index in [1.165, 1.54) is 12.5 Å². The van der Waals surface area contributed by atoms with Gasteiger partial charge in [0.05, 0.1) is 5.56 Å². The average Bonchev–Trinajstić information content (AvgIpc) is 3.31. The van der Waals surface area contributed by atoms with Gasteiger partial charge in [-0.3, -0.25) is 14.7 Å². The maximum atomic E-state index is 15.3. The summed E-state index contributed by atoms with van der Waals surface area (Å²) in [6, 6.07) is 10.8. The summed E-state index contributed by atoms with van der Waals surface area (Å²) in [5.41, 5.74) is 10.1. The molecule has 0 spiro atoms. The summed E-state index contributed by atoms with van der Waals surface area (Å²) in [6.45, 7) is 5.33. The van der Waals surface area contributed by atoms with Gasteiger partial charge in [-0.25, -0.2) is 9.37 Å². The van der Waals surface area contributed by atoms with Crippen LogP contribution in [0.4, 0.5) is 10.2 Å². The highest BCUT2D eigenvalue weighted by Gasteiger charge is 2.33. The average molecular weight is 446 g/mol. The third kappa shape index (κ3) is 4.09. The number of carbonyl (C=O) groups excluding carboxylic acids is 1. The Morgan fingerprint density at radius 2 is 1.97 bits per heavy atom. The molecule has 2 fully saturated rings. The molecule has 2 aliphatic rings. The van der Waals surface area contributed by atoms with E-state index < -0.39 is 5.82 Å². The second-order valence-corrected chi connectivity index (χ2v) is 8.78. The van der Waals surface area contributed by atoms with Crippen molar-refractivity contribution in [2.75, 3.05) is 31.9 Å². The molecule has 1 atom stereocenters. The molecule has 0 radical (unpaired) electrons. The van der Waals surface area contributed by atoms with E-state index in [0.717, 1.165) is 48.3 Å². The number of aryl methyl sites for hydroxylation is 1. The van der Waals surface area contributed by atoms with E-state index in [0.29, 0.717) is 30.5 Å². The Bertz CT molecular complexity index is 1180. The van der Waals surface area contributed by atoms with Crippen LogP contribution in [0.15, 0.2) is 48.8 Å². The van der Waals surface area contributed by atoms with Gasteiger partial charge in [-0.05, 0) is 67.3 Å². The monoisotopic (exact) mass is 445 g/mol. The first-order valence-corrected chi connectivity index (χ1v) is 11.6. The molecule has 33 heavy (non-hydrogen) atoms. The summed E-state index contributed by atoms with van der Waals surface area (Å²) in [5.74, 6) is -0.283. The van der Waals surface area contributed by atoms with Crippen LogP contribution < -0.4 is 5.73 Å². The molecule has 1 aromatic carbocycles. The molecular formula is C26H28FN5O. The van der Waals surface area contributed by atoms with Crippen LogP contribution in [0.25, 0.3) is 22.3 Å². The molecule has 0 bridgehead atoms. The number of rotatable bonds is 4. The lowest BCUT2D eigenvalue weighted by atomic mass is 9.93. The van der Waals surface area contributed by atoms with Crippen molar-refractivity contribution in [3.8, 4) is 22.3 Å². The van der Waals surface area contributed by atoms with Crippen LogP contribution in [0.3, 0.4) is 0 Å². The molecule has 2 aliphatic heterocycles. The van der Waals surface area contributed by atoms with E-state index in [1.807, 2.05) is 25.1 Å². The van der Waals surface area contributed by atoms with Crippen LogP contribution in [0.2, 0.25) is 0 Å².